The van der Waals surface area contributed by atoms with Gasteiger partial charge in [-0.2, -0.15) is 0 Å². The lowest BCUT2D eigenvalue weighted by Crippen LogP contribution is -2.49. The molecule has 1 N–H and O–H groups in total. The van der Waals surface area contributed by atoms with E-state index >= 15 is 0 Å². The molecule has 0 saturated carbocycles. The van der Waals surface area contributed by atoms with E-state index in [0.29, 0.717) is 18.5 Å². The Bertz CT molecular complexity index is 674. The molecular weight excluding hydrogens is 314 g/mol. The molecule has 0 bridgehead atoms. The van der Waals surface area contributed by atoms with Crippen LogP contribution in [0.2, 0.25) is 0 Å². The molecule has 0 radical (unpaired) electrons. The molecule has 0 fully saturated rings. The number of carbonyl (C=O) groups is 1. The number of pyridine rings is 1. The molecule has 0 spiro atoms. The second-order valence-electron chi connectivity index (χ2n) is 6.78. The van der Waals surface area contributed by atoms with Gasteiger partial charge in [0.25, 0.3) is 0 Å². The zero-order valence-electron chi connectivity index (χ0n) is 15.4. The molecule has 134 valence electrons. The van der Waals surface area contributed by atoms with Crippen molar-refractivity contribution in [3.05, 3.63) is 66.0 Å². The lowest BCUT2D eigenvalue weighted by atomic mass is 9.70. The fourth-order valence-electron chi connectivity index (χ4n) is 3.14. The van der Waals surface area contributed by atoms with Crippen molar-refractivity contribution in [3.8, 4) is 0 Å². The summed E-state index contributed by atoms with van der Waals surface area (Å²) >= 11 is 0. The molecule has 2 aromatic rings. The molecule has 1 aromatic heterocycles. The van der Waals surface area contributed by atoms with E-state index in [9.17, 15) is 9.90 Å². The van der Waals surface area contributed by atoms with Crippen molar-refractivity contribution in [2.24, 2.45) is 0 Å². The first-order valence-corrected chi connectivity index (χ1v) is 8.39. The van der Waals surface area contributed by atoms with Crippen molar-refractivity contribution >= 4 is 5.91 Å². The van der Waals surface area contributed by atoms with Crippen LogP contribution in [0.3, 0.4) is 0 Å². The Hall–Kier alpha value is -2.24. The molecule has 25 heavy (non-hydrogen) atoms. The van der Waals surface area contributed by atoms with Crippen LogP contribution in [0.15, 0.2) is 54.9 Å². The molecule has 5 heteroatoms. The predicted octanol–water partition coefficient (Wildman–Crippen LogP) is 2.09. The minimum atomic E-state index is -1.07. The third kappa shape index (κ3) is 4.06. The first-order valence-electron chi connectivity index (χ1n) is 8.39. The third-order valence-electron chi connectivity index (χ3n) is 4.50. The number of amides is 1. The highest BCUT2D eigenvalue weighted by Gasteiger charge is 2.48. The summed E-state index contributed by atoms with van der Waals surface area (Å²) in [5, 5.41) is 11.3. The second kappa shape index (κ2) is 8.23. The monoisotopic (exact) mass is 341 g/mol. The number of rotatable bonds is 7. The zero-order chi connectivity index (χ0) is 18.4. The van der Waals surface area contributed by atoms with E-state index in [1.54, 1.807) is 37.5 Å². The van der Waals surface area contributed by atoms with E-state index in [2.05, 4.69) is 4.98 Å². The smallest absolute Gasteiger partial charge is 0.235 e. The zero-order valence-corrected chi connectivity index (χ0v) is 15.4. The minimum Gasteiger partial charge on any atom is -0.387 e. The number of aliphatic hydroxyl groups is 1. The van der Waals surface area contributed by atoms with E-state index in [0.717, 1.165) is 5.56 Å². The van der Waals surface area contributed by atoms with Crippen molar-refractivity contribution in [2.45, 2.75) is 17.9 Å². The molecule has 1 aromatic carbocycles. The summed E-state index contributed by atoms with van der Waals surface area (Å²) in [4.78, 5) is 21.0. The van der Waals surface area contributed by atoms with Crippen LogP contribution in [0.1, 0.15) is 23.7 Å². The summed E-state index contributed by atoms with van der Waals surface area (Å²) in [7, 11) is 7.38. The Morgan fingerprint density at radius 3 is 2.32 bits per heavy atom. The van der Waals surface area contributed by atoms with Gasteiger partial charge in [-0.05, 0) is 38.7 Å². The number of benzene rings is 1. The van der Waals surface area contributed by atoms with Crippen molar-refractivity contribution in [3.63, 3.8) is 0 Å². The molecule has 1 amide bonds. The first-order chi connectivity index (χ1) is 11.9. The van der Waals surface area contributed by atoms with Crippen molar-refractivity contribution in [2.75, 3.05) is 34.7 Å². The summed E-state index contributed by atoms with van der Waals surface area (Å²) in [6.07, 6.45) is 2.80. The maximum atomic E-state index is 13.3. The van der Waals surface area contributed by atoms with Gasteiger partial charge in [-0.25, -0.2) is 0 Å². The number of hydrogen-bond donors (Lipinski definition) is 1. The molecule has 2 unspecified atom stereocenters. The van der Waals surface area contributed by atoms with Crippen LogP contribution in [0.4, 0.5) is 0 Å². The van der Waals surface area contributed by atoms with Crippen molar-refractivity contribution in [1.29, 1.82) is 0 Å². The highest BCUT2D eigenvalue weighted by atomic mass is 16.3. The summed E-state index contributed by atoms with van der Waals surface area (Å²) < 4.78 is 0. The molecule has 2 rings (SSSR count). The fourth-order valence-corrected chi connectivity index (χ4v) is 3.14. The maximum Gasteiger partial charge on any atom is 0.235 e. The van der Waals surface area contributed by atoms with Crippen LogP contribution >= 0.6 is 0 Å². The molecule has 0 aliphatic heterocycles. The van der Waals surface area contributed by atoms with Crippen LogP contribution in [0, 0.1) is 0 Å². The standard InChI is InChI=1S/C20H27N3O2/c1-22(2)14-12-20(19(25)23(3)4,17-10-6-5-7-11-17)18(24)16-9-8-13-21-15-16/h5-11,13,15,18,24H,12,14H2,1-4H3. The van der Waals surface area contributed by atoms with Crippen LogP contribution in [-0.2, 0) is 10.2 Å². The van der Waals surface area contributed by atoms with Gasteiger partial charge < -0.3 is 14.9 Å². The average Bonchev–Trinajstić information content (AvgIpc) is 2.63. The van der Waals surface area contributed by atoms with Gasteiger partial charge in [-0.1, -0.05) is 36.4 Å². The van der Waals surface area contributed by atoms with Crippen LogP contribution in [0.25, 0.3) is 0 Å². The number of aromatic nitrogens is 1. The largest absolute Gasteiger partial charge is 0.387 e. The van der Waals surface area contributed by atoms with E-state index in [1.165, 1.54) is 0 Å². The fraction of sp³-hybridized carbons (Fsp3) is 0.400. The molecular formula is C20H27N3O2. The van der Waals surface area contributed by atoms with Gasteiger partial charge in [0, 0.05) is 32.1 Å². The predicted molar refractivity (Wildman–Crippen MR) is 99.2 cm³/mol. The van der Waals surface area contributed by atoms with Gasteiger partial charge in [-0.3, -0.25) is 9.78 Å². The lowest BCUT2D eigenvalue weighted by Gasteiger charge is -2.40. The molecule has 0 aliphatic carbocycles. The Morgan fingerprint density at radius 1 is 1.12 bits per heavy atom. The normalized spacial score (nSPS) is 14.8. The van der Waals surface area contributed by atoms with E-state index < -0.39 is 11.5 Å². The minimum absolute atomic E-state index is 0.114. The van der Waals surface area contributed by atoms with Gasteiger partial charge >= 0.3 is 0 Å². The molecule has 0 saturated heterocycles. The first kappa shape index (κ1) is 19.1. The summed E-state index contributed by atoms with van der Waals surface area (Å²) in [5.74, 6) is -0.114. The second-order valence-corrected chi connectivity index (χ2v) is 6.78. The highest BCUT2D eigenvalue weighted by molar-refractivity contribution is 5.89. The van der Waals surface area contributed by atoms with Crippen LogP contribution < -0.4 is 0 Å². The van der Waals surface area contributed by atoms with Crippen molar-refractivity contribution < 1.29 is 9.90 Å². The topological polar surface area (TPSA) is 56.7 Å². The number of aliphatic hydroxyl groups excluding tert-OH is 1. The Morgan fingerprint density at radius 2 is 1.80 bits per heavy atom. The van der Waals surface area contributed by atoms with E-state index in [1.807, 2.05) is 55.4 Å². The van der Waals surface area contributed by atoms with Gasteiger partial charge in [0.05, 0.1) is 6.10 Å². The molecule has 1 heterocycles. The molecule has 2 atom stereocenters. The van der Waals surface area contributed by atoms with Gasteiger partial charge in [0.2, 0.25) is 5.91 Å². The number of hydrogen-bond acceptors (Lipinski definition) is 4. The Balaban J connectivity index is 2.63. The quantitative estimate of drug-likeness (QED) is 0.838. The highest BCUT2D eigenvalue weighted by Crippen LogP contribution is 2.41. The van der Waals surface area contributed by atoms with Gasteiger partial charge in [0.1, 0.15) is 5.41 Å². The van der Waals surface area contributed by atoms with Gasteiger partial charge in [0.15, 0.2) is 0 Å². The summed E-state index contributed by atoms with van der Waals surface area (Å²) in [5.41, 5.74) is 0.380. The van der Waals surface area contributed by atoms with Crippen LogP contribution in [0.5, 0.6) is 0 Å². The maximum absolute atomic E-state index is 13.3. The van der Waals surface area contributed by atoms with Gasteiger partial charge in [-0.15, -0.1) is 0 Å². The lowest BCUT2D eigenvalue weighted by molar-refractivity contribution is -0.140. The number of carbonyl (C=O) groups excluding carboxylic acids is 1. The Kier molecular flexibility index (Phi) is 6.28. The van der Waals surface area contributed by atoms with E-state index in [4.69, 9.17) is 0 Å². The SMILES string of the molecule is CN(C)CCC(C(=O)N(C)C)(c1ccccc1)C(O)c1cccnc1. The molecule has 0 aliphatic rings. The number of nitrogens with zero attached hydrogens (tertiary/aromatic N) is 3. The summed E-state index contributed by atoms with van der Waals surface area (Å²) in [6, 6.07) is 13.1. The Labute approximate surface area is 149 Å². The molecule has 5 nitrogen and oxygen atoms in total. The summed E-state index contributed by atoms with van der Waals surface area (Å²) in [6.45, 7) is 0.672. The van der Waals surface area contributed by atoms with E-state index in [-0.39, 0.29) is 5.91 Å². The third-order valence-corrected chi connectivity index (χ3v) is 4.50. The average molecular weight is 341 g/mol. The number of likely N-dealkylation sites (N-methyl/N-ethyl adjacent to an activating group) is 1. The van der Waals surface area contributed by atoms with Crippen LogP contribution in [-0.4, -0.2) is 60.5 Å². The van der Waals surface area contributed by atoms with Crippen molar-refractivity contribution in [1.82, 2.24) is 14.8 Å².